The molecule has 0 spiro atoms. The molecule has 1 heterocycles. The highest BCUT2D eigenvalue weighted by molar-refractivity contribution is 5.68. The van der Waals surface area contributed by atoms with Crippen LogP contribution >= 0.6 is 0 Å². The second-order valence-electron chi connectivity index (χ2n) is 6.16. The largest absolute Gasteiger partial charge is 0.444 e. The summed E-state index contributed by atoms with van der Waals surface area (Å²) in [5, 5.41) is 0. The van der Waals surface area contributed by atoms with E-state index < -0.39 is 5.60 Å². The van der Waals surface area contributed by atoms with Crippen LogP contribution in [0.2, 0.25) is 0 Å². The molecule has 0 aromatic carbocycles. The van der Waals surface area contributed by atoms with Crippen molar-refractivity contribution in [2.24, 2.45) is 17.1 Å². The van der Waals surface area contributed by atoms with Gasteiger partial charge in [0.05, 0.1) is 0 Å². The number of hydrogen-bond donors (Lipinski definition) is 1. The van der Waals surface area contributed by atoms with Crippen molar-refractivity contribution in [3.05, 3.63) is 0 Å². The van der Waals surface area contributed by atoms with E-state index in [4.69, 9.17) is 10.5 Å². The van der Waals surface area contributed by atoms with Gasteiger partial charge in [-0.05, 0) is 46.1 Å². The predicted molar refractivity (Wildman–Crippen MR) is 62.0 cm³/mol. The average Bonchev–Trinajstić information content (AvgIpc) is 2.37. The topological polar surface area (TPSA) is 55.6 Å². The second-order valence-corrected chi connectivity index (χ2v) is 6.16. The van der Waals surface area contributed by atoms with E-state index in [9.17, 15) is 4.79 Å². The maximum absolute atomic E-state index is 11.9. The number of carbonyl (C=O) groups is 1. The number of hydrogen-bond acceptors (Lipinski definition) is 3. The highest BCUT2D eigenvalue weighted by Gasteiger charge is 2.53. The molecule has 16 heavy (non-hydrogen) atoms. The molecule has 0 aromatic rings. The van der Waals surface area contributed by atoms with Crippen molar-refractivity contribution >= 4 is 6.09 Å². The smallest absolute Gasteiger partial charge is 0.410 e. The Morgan fingerprint density at radius 3 is 2.62 bits per heavy atom. The van der Waals surface area contributed by atoms with Gasteiger partial charge in [-0.3, -0.25) is 0 Å². The summed E-state index contributed by atoms with van der Waals surface area (Å²) in [6.45, 7) is 7.99. The van der Waals surface area contributed by atoms with Crippen LogP contribution < -0.4 is 5.73 Å². The zero-order valence-corrected chi connectivity index (χ0v) is 10.5. The molecule has 0 radical (unpaired) electrons. The lowest BCUT2D eigenvalue weighted by Gasteiger charge is -2.42. The van der Waals surface area contributed by atoms with E-state index in [0.717, 1.165) is 19.5 Å². The Hall–Kier alpha value is -0.770. The molecule has 1 aliphatic heterocycles. The maximum Gasteiger partial charge on any atom is 0.410 e. The highest BCUT2D eigenvalue weighted by atomic mass is 16.6. The Labute approximate surface area is 97.1 Å². The van der Waals surface area contributed by atoms with Crippen LogP contribution in [0.25, 0.3) is 0 Å². The first-order chi connectivity index (χ1) is 7.36. The van der Waals surface area contributed by atoms with Crippen molar-refractivity contribution < 1.29 is 9.53 Å². The molecule has 1 saturated heterocycles. The molecular weight excluding hydrogens is 204 g/mol. The summed E-state index contributed by atoms with van der Waals surface area (Å²) in [5.41, 5.74) is 5.62. The van der Waals surface area contributed by atoms with Crippen LogP contribution in [-0.4, -0.2) is 36.2 Å². The third kappa shape index (κ3) is 1.90. The average molecular weight is 226 g/mol. The minimum atomic E-state index is -0.408. The Morgan fingerprint density at radius 2 is 2.25 bits per heavy atom. The summed E-state index contributed by atoms with van der Waals surface area (Å²) >= 11 is 0. The minimum Gasteiger partial charge on any atom is -0.444 e. The van der Waals surface area contributed by atoms with E-state index in [1.165, 1.54) is 6.42 Å². The van der Waals surface area contributed by atoms with Crippen molar-refractivity contribution in [3.8, 4) is 0 Å². The van der Waals surface area contributed by atoms with E-state index >= 15 is 0 Å². The predicted octanol–water partition coefficient (Wildman–Crippen LogP) is 1.59. The Morgan fingerprint density at radius 1 is 1.56 bits per heavy atom. The summed E-state index contributed by atoms with van der Waals surface area (Å²) < 4.78 is 5.38. The van der Waals surface area contributed by atoms with Crippen LogP contribution in [-0.2, 0) is 4.74 Å². The van der Waals surface area contributed by atoms with Gasteiger partial charge in [-0.15, -0.1) is 0 Å². The number of ether oxygens (including phenoxy) is 1. The van der Waals surface area contributed by atoms with Crippen molar-refractivity contribution in [2.45, 2.75) is 39.2 Å². The fraction of sp³-hybridized carbons (Fsp3) is 0.917. The molecule has 2 rings (SSSR count). The lowest BCUT2D eigenvalue weighted by atomic mass is 9.62. The first-order valence-electron chi connectivity index (χ1n) is 6.04. The standard InChI is InChI=1S/C12H22N2O2/c1-11(2,3)16-10(15)14-6-9-4-5-12(9,7-13)8-14/h9H,4-8,13H2,1-3H3/t9-,12+/m0/s1. The van der Waals surface area contributed by atoms with E-state index in [0.29, 0.717) is 12.5 Å². The van der Waals surface area contributed by atoms with Gasteiger partial charge in [0.2, 0.25) is 0 Å². The summed E-state index contributed by atoms with van der Waals surface area (Å²) in [5.74, 6) is 0.602. The molecule has 1 aliphatic carbocycles. The molecule has 2 aliphatic rings. The monoisotopic (exact) mass is 226 g/mol. The lowest BCUT2D eigenvalue weighted by molar-refractivity contribution is 0.0272. The van der Waals surface area contributed by atoms with Crippen LogP contribution in [0.15, 0.2) is 0 Å². The number of fused-ring (bicyclic) bond motifs is 1. The van der Waals surface area contributed by atoms with E-state index in [1.54, 1.807) is 0 Å². The van der Waals surface area contributed by atoms with Crippen molar-refractivity contribution in [1.29, 1.82) is 0 Å². The third-order valence-electron chi connectivity index (χ3n) is 3.86. The zero-order valence-electron chi connectivity index (χ0n) is 10.5. The van der Waals surface area contributed by atoms with Crippen LogP contribution in [0, 0.1) is 11.3 Å². The molecule has 2 N–H and O–H groups in total. The Bertz CT molecular complexity index is 294. The fourth-order valence-corrected chi connectivity index (χ4v) is 2.76. The van der Waals surface area contributed by atoms with Crippen molar-refractivity contribution in [3.63, 3.8) is 0 Å². The van der Waals surface area contributed by atoms with Gasteiger partial charge in [-0.1, -0.05) is 0 Å². The van der Waals surface area contributed by atoms with E-state index in [2.05, 4.69) is 0 Å². The fourth-order valence-electron chi connectivity index (χ4n) is 2.76. The summed E-state index contributed by atoms with van der Waals surface area (Å²) in [4.78, 5) is 13.7. The zero-order chi connectivity index (χ0) is 12.0. The number of carbonyl (C=O) groups excluding carboxylic acids is 1. The normalized spacial score (nSPS) is 33.2. The summed E-state index contributed by atoms with van der Waals surface area (Å²) in [6.07, 6.45) is 2.18. The van der Waals surface area contributed by atoms with Crippen LogP contribution in [0.1, 0.15) is 33.6 Å². The molecule has 4 nitrogen and oxygen atoms in total. The van der Waals surface area contributed by atoms with Gasteiger partial charge < -0.3 is 15.4 Å². The summed E-state index contributed by atoms with van der Waals surface area (Å²) in [6, 6.07) is 0. The lowest BCUT2D eigenvalue weighted by Crippen LogP contribution is -2.45. The Balaban J connectivity index is 1.96. The molecule has 0 aromatic heterocycles. The second kappa shape index (κ2) is 3.62. The van der Waals surface area contributed by atoms with Crippen LogP contribution in [0.3, 0.4) is 0 Å². The van der Waals surface area contributed by atoms with Gasteiger partial charge in [0, 0.05) is 18.5 Å². The number of rotatable bonds is 1. The molecular formula is C12H22N2O2. The molecule has 0 unspecified atom stereocenters. The van der Waals surface area contributed by atoms with Crippen molar-refractivity contribution in [2.75, 3.05) is 19.6 Å². The van der Waals surface area contributed by atoms with Gasteiger partial charge in [0.25, 0.3) is 0 Å². The molecule has 1 amide bonds. The van der Waals surface area contributed by atoms with Gasteiger partial charge in [-0.25, -0.2) is 4.79 Å². The van der Waals surface area contributed by atoms with Gasteiger partial charge >= 0.3 is 6.09 Å². The molecule has 2 atom stereocenters. The maximum atomic E-state index is 11.9. The first kappa shape index (κ1) is 11.7. The van der Waals surface area contributed by atoms with Crippen molar-refractivity contribution in [1.82, 2.24) is 4.90 Å². The molecule has 2 fully saturated rings. The van der Waals surface area contributed by atoms with E-state index in [-0.39, 0.29) is 11.5 Å². The molecule has 0 bridgehead atoms. The SMILES string of the molecule is CC(C)(C)OC(=O)N1C[C@@H]2CC[C@@]2(CN)C1. The van der Waals surface area contributed by atoms with Crippen LogP contribution in [0.5, 0.6) is 0 Å². The molecule has 4 heteroatoms. The van der Waals surface area contributed by atoms with Gasteiger partial charge in [0.1, 0.15) is 5.60 Å². The highest BCUT2D eigenvalue weighted by Crippen LogP contribution is 2.51. The molecule has 92 valence electrons. The van der Waals surface area contributed by atoms with E-state index in [1.807, 2.05) is 25.7 Å². The van der Waals surface area contributed by atoms with Gasteiger partial charge in [-0.2, -0.15) is 0 Å². The Kier molecular flexibility index (Phi) is 2.65. The minimum absolute atomic E-state index is 0.185. The number of amides is 1. The third-order valence-corrected chi connectivity index (χ3v) is 3.86. The van der Waals surface area contributed by atoms with Gasteiger partial charge in [0.15, 0.2) is 0 Å². The summed E-state index contributed by atoms with van der Waals surface area (Å²) in [7, 11) is 0. The quantitative estimate of drug-likeness (QED) is 0.738. The van der Waals surface area contributed by atoms with Crippen LogP contribution in [0.4, 0.5) is 4.79 Å². The number of nitrogens with two attached hydrogens (primary N) is 1. The molecule has 1 saturated carbocycles. The number of nitrogens with zero attached hydrogens (tertiary/aromatic N) is 1. The number of likely N-dealkylation sites (tertiary alicyclic amines) is 1. The first-order valence-corrected chi connectivity index (χ1v) is 6.04.